The van der Waals surface area contributed by atoms with Crippen LogP contribution in [0.15, 0.2) is 66.8 Å². The van der Waals surface area contributed by atoms with Crippen LogP contribution in [0.4, 0.5) is 4.39 Å². The van der Waals surface area contributed by atoms with E-state index in [1.807, 2.05) is 37.3 Å². The maximum Gasteiger partial charge on any atom is 0.247 e. The zero-order chi connectivity index (χ0) is 25.6. The number of hydrogen-bond acceptors (Lipinski definition) is 5. The Hall–Kier alpha value is -3.46. The number of hydrogen-bond donors (Lipinski definition) is 2. The van der Waals surface area contributed by atoms with Crippen LogP contribution in [-0.4, -0.2) is 47.3 Å². The van der Waals surface area contributed by atoms with Crippen molar-refractivity contribution < 1.29 is 23.6 Å². The number of carbonyl (C=O) groups is 3. The monoisotopic (exact) mass is 486 g/mol. The first-order chi connectivity index (χ1) is 16.9. The van der Waals surface area contributed by atoms with E-state index in [-0.39, 0.29) is 30.7 Å². The van der Waals surface area contributed by atoms with Crippen LogP contribution in [0.25, 0.3) is 0 Å². The molecule has 0 aliphatic carbocycles. The minimum absolute atomic E-state index is 0.0974. The summed E-state index contributed by atoms with van der Waals surface area (Å²) in [6.45, 7) is 6.47. The van der Waals surface area contributed by atoms with Crippen molar-refractivity contribution in [3.05, 3.63) is 72.4 Å². The van der Waals surface area contributed by atoms with Crippen LogP contribution in [0, 0.1) is 5.92 Å². The maximum atomic E-state index is 13.5. The summed E-state index contributed by atoms with van der Waals surface area (Å²) in [5.41, 5.74) is 6.18. The van der Waals surface area contributed by atoms with Gasteiger partial charge in [0.15, 0.2) is 0 Å². The van der Waals surface area contributed by atoms with Gasteiger partial charge in [-0.3, -0.25) is 19.2 Å². The summed E-state index contributed by atoms with van der Waals surface area (Å²) < 4.78 is 13.2. The highest BCUT2D eigenvalue weighted by Crippen LogP contribution is 2.23. The van der Waals surface area contributed by atoms with E-state index in [4.69, 9.17) is 10.6 Å². The van der Waals surface area contributed by atoms with E-state index in [1.54, 1.807) is 4.90 Å². The predicted molar refractivity (Wildman–Crippen MR) is 132 cm³/mol. The molecule has 0 radical (unpaired) electrons. The van der Waals surface area contributed by atoms with Gasteiger partial charge >= 0.3 is 0 Å². The Bertz CT molecular complexity index is 919. The van der Waals surface area contributed by atoms with Crippen LogP contribution in [0.5, 0.6) is 0 Å². The van der Waals surface area contributed by atoms with E-state index < -0.39 is 17.8 Å². The molecule has 0 bridgehead atoms. The molecule has 2 atom stereocenters. The van der Waals surface area contributed by atoms with E-state index >= 15 is 0 Å². The molecule has 1 aromatic rings. The van der Waals surface area contributed by atoms with Crippen LogP contribution in [0.1, 0.15) is 44.6 Å². The van der Waals surface area contributed by atoms with E-state index in [0.717, 1.165) is 35.7 Å². The zero-order valence-electron chi connectivity index (χ0n) is 20.2. The lowest BCUT2D eigenvalue weighted by Crippen LogP contribution is -2.49. The SMILES string of the molecule is C=C(/C=C\C(F)=C/N)NC(=O)C1CCCN1C(=O)[C@H](CCCC)CN(C=O)OCc1ccccc1. The van der Waals surface area contributed by atoms with E-state index in [0.29, 0.717) is 32.2 Å². The van der Waals surface area contributed by atoms with Crippen LogP contribution in [0.3, 0.4) is 0 Å². The Labute approximate surface area is 206 Å². The lowest BCUT2D eigenvalue weighted by atomic mass is 9.99. The van der Waals surface area contributed by atoms with Crippen LogP contribution < -0.4 is 11.1 Å². The second kappa shape index (κ2) is 14.7. The number of rotatable bonds is 14. The molecular weight excluding hydrogens is 451 g/mol. The fourth-order valence-corrected chi connectivity index (χ4v) is 3.87. The summed E-state index contributed by atoms with van der Waals surface area (Å²) in [5, 5.41) is 3.77. The maximum absolute atomic E-state index is 13.5. The molecule has 0 aromatic heterocycles. The van der Waals surface area contributed by atoms with Gasteiger partial charge in [-0.2, -0.15) is 0 Å². The van der Waals surface area contributed by atoms with Gasteiger partial charge in [0, 0.05) is 18.4 Å². The fraction of sp³-hybridized carbons (Fsp3) is 0.423. The zero-order valence-corrected chi connectivity index (χ0v) is 20.2. The number of unbranched alkanes of at least 4 members (excludes halogenated alkanes) is 1. The summed E-state index contributed by atoms with van der Waals surface area (Å²) in [6, 6.07) is 8.77. The number of nitrogens with one attached hydrogen (secondary N) is 1. The highest BCUT2D eigenvalue weighted by atomic mass is 19.1. The molecular formula is C26H35FN4O4. The minimum atomic E-state index is -0.665. The Kier molecular flexibility index (Phi) is 11.7. The molecule has 2 rings (SSSR count). The molecule has 0 spiro atoms. The van der Waals surface area contributed by atoms with Crippen molar-refractivity contribution in [1.82, 2.24) is 15.3 Å². The Morgan fingerprint density at radius 1 is 1.34 bits per heavy atom. The second-order valence-corrected chi connectivity index (χ2v) is 8.39. The van der Waals surface area contributed by atoms with Gasteiger partial charge in [0.1, 0.15) is 18.5 Å². The van der Waals surface area contributed by atoms with Gasteiger partial charge in [-0.15, -0.1) is 0 Å². The molecule has 1 unspecified atom stereocenters. The molecule has 190 valence electrons. The Morgan fingerprint density at radius 2 is 2.09 bits per heavy atom. The van der Waals surface area contributed by atoms with Crippen molar-refractivity contribution in [3.63, 3.8) is 0 Å². The second-order valence-electron chi connectivity index (χ2n) is 8.39. The highest BCUT2D eigenvalue weighted by molar-refractivity contribution is 5.90. The molecule has 9 heteroatoms. The summed E-state index contributed by atoms with van der Waals surface area (Å²) in [6.07, 6.45) is 7.21. The third kappa shape index (κ3) is 9.01. The Balaban J connectivity index is 2.04. The fourth-order valence-electron chi connectivity index (χ4n) is 3.87. The van der Waals surface area contributed by atoms with E-state index in [9.17, 15) is 18.8 Å². The molecule has 1 aromatic carbocycles. The van der Waals surface area contributed by atoms with Crippen molar-refractivity contribution in [2.45, 2.75) is 51.7 Å². The predicted octanol–water partition coefficient (Wildman–Crippen LogP) is 3.33. The van der Waals surface area contributed by atoms with Crippen LogP contribution >= 0.6 is 0 Å². The molecule has 1 aliphatic heterocycles. The van der Waals surface area contributed by atoms with Gasteiger partial charge in [-0.1, -0.05) is 56.7 Å². The van der Waals surface area contributed by atoms with Crippen molar-refractivity contribution in [2.75, 3.05) is 13.1 Å². The minimum Gasteiger partial charge on any atom is -0.402 e. The third-order valence-corrected chi connectivity index (χ3v) is 5.74. The molecule has 8 nitrogen and oxygen atoms in total. The highest BCUT2D eigenvalue weighted by Gasteiger charge is 2.37. The first-order valence-electron chi connectivity index (χ1n) is 11.8. The third-order valence-electron chi connectivity index (χ3n) is 5.74. The van der Waals surface area contributed by atoms with Gasteiger partial charge in [0.2, 0.25) is 18.2 Å². The van der Waals surface area contributed by atoms with Gasteiger partial charge in [-0.25, -0.2) is 9.45 Å². The van der Waals surface area contributed by atoms with Crippen molar-refractivity contribution in [3.8, 4) is 0 Å². The van der Waals surface area contributed by atoms with Crippen molar-refractivity contribution in [2.24, 2.45) is 11.7 Å². The number of carbonyl (C=O) groups excluding carboxylic acids is 3. The first kappa shape index (κ1) is 27.8. The molecule has 1 aliphatic rings. The lowest BCUT2D eigenvalue weighted by Gasteiger charge is -2.30. The number of hydroxylamine groups is 2. The summed E-state index contributed by atoms with van der Waals surface area (Å²) in [5.74, 6) is -1.74. The summed E-state index contributed by atoms with van der Waals surface area (Å²) in [7, 11) is 0. The quantitative estimate of drug-likeness (QED) is 0.238. The topological polar surface area (TPSA) is 105 Å². The number of benzene rings is 1. The first-order valence-corrected chi connectivity index (χ1v) is 11.8. The number of amides is 3. The van der Waals surface area contributed by atoms with Gasteiger partial charge in [0.25, 0.3) is 0 Å². The molecule has 1 saturated heterocycles. The van der Waals surface area contributed by atoms with Crippen LogP contribution in [0.2, 0.25) is 0 Å². The number of nitrogens with zero attached hydrogens (tertiary/aromatic N) is 2. The molecule has 1 heterocycles. The van der Waals surface area contributed by atoms with E-state index in [2.05, 4.69) is 11.9 Å². The van der Waals surface area contributed by atoms with Crippen molar-refractivity contribution in [1.29, 1.82) is 0 Å². The largest absolute Gasteiger partial charge is 0.402 e. The Morgan fingerprint density at radius 3 is 2.74 bits per heavy atom. The smallest absolute Gasteiger partial charge is 0.247 e. The standard InChI is InChI=1S/C26H35FN4O4/c1-3-4-11-22(17-30(19-32)35-18-21-9-6-5-7-10-21)26(34)31-15-8-12-24(31)25(33)29-20(2)13-14-23(27)16-28/h5-7,9-10,13-14,16,19,22,24H,2-4,8,11-12,15,17-18,28H2,1H3,(H,29,33)/b14-13-,23-16+/t22-,24?/m1/s1. The van der Waals surface area contributed by atoms with Crippen LogP contribution in [-0.2, 0) is 25.8 Å². The number of nitrogens with two attached hydrogens (primary N) is 1. The van der Waals surface area contributed by atoms with Gasteiger partial charge in [-0.05, 0) is 37.0 Å². The lowest BCUT2D eigenvalue weighted by molar-refractivity contribution is -0.183. The van der Waals surface area contributed by atoms with Crippen molar-refractivity contribution >= 4 is 18.2 Å². The average Bonchev–Trinajstić information content (AvgIpc) is 3.37. The number of halogens is 1. The number of allylic oxidation sites excluding steroid dienone is 3. The summed E-state index contributed by atoms with van der Waals surface area (Å²) >= 11 is 0. The average molecular weight is 487 g/mol. The number of likely N-dealkylation sites (tertiary alicyclic amines) is 1. The molecule has 1 fully saturated rings. The normalized spacial score (nSPS) is 16.8. The molecule has 3 N–H and O–H groups in total. The molecule has 0 saturated carbocycles. The molecule has 3 amide bonds. The van der Waals surface area contributed by atoms with Gasteiger partial charge in [0.05, 0.1) is 12.5 Å². The summed E-state index contributed by atoms with van der Waals surface area (Å²) in [4.78, 5) is 45.2. The van der Waals surface area contributed by atoms with E-state index in [1.165, 1.54) is 6.08 Å². The van der Waals surface area contributed by atoms with Gasteiger partial charge < -0.3 is 16.0 Å². The molecule has 35 heavy (non-hydrogen) atoms.